The molecule has 0 radical (unpaired) electrons. The zero-order valence-electron chi connectivity index (χ0n) is 11.2. The fourth-order valence-electron chi connectivity index (χ4n) is 1.81. The Morgan fingerprint density at radius 2 is 2.00 bits per heavy atom. The van der Waals surface area contributed by atoms with E-state index in [1.54, 1.807) is 14.0 Å². The number of nitrogens with zero attached hydrogens (tertiary/aromatic N) is 1. The molecule has 1 unspecified atom stereocenters. The molecule has 0 aliphatic heterocycles. The highest BCUT2D eigenvalue weighted by atomic mass is 19.4. The van der Waals surface area contributed by atoms with Gasteiger partial charge in [0, 0.05) is 25.9 Å². The van der Waals surface area contributed by atoms with Gasteiger partial charge in [0.15, 0.2) is 0 Å². The van der Waals surface area contributed by atoms with Crippen LogP contribution in [-0.2, 0) is 17.5 Å². The summed E-state index contributed by atoms with van der Waals surface area (Å²) in [5, 5.41) is 8.95. The fourth-order valence-corrected chi connectivity index (χ4v) is 1.81. The van der Waals surface area contributed by atoms with E-state index in [1.807, 2.05) is 0 Å². The fraction of sp³-hybridized carbons (Fsp3) is 0.538. The van der Waals surface area contributed by atoms with Gasteiger partial charge in [0.05, 0.1) is 18.8 Å². The second-order valence-electron chi connectivity index (χ2n) is 4.42. The van der Waals surface area contributed by atoms with Crippen LogP contribution >= 0.6 is 0 Å². The Morgan fingerprint density at radius 3 is 2.47 bits per heavy atom. The van der Waals surface area contributed by atoms with Crippen LogP contribution in [0.3, 0.4) is 0 Å². The van der Waals surface area contributed by atoms with Gasteiger partial charge in [-0.2, -0.15) is 13.2 Å². The van der Waals surface area contributed by atoms with Crippen molar-refractivity contribution in [2.45, 2.75) is 25.7 Å². The van der Waals surface area contributed by atoms with Crippen molar-refractivity contribution in [3.63, 3.8) is 0 Å². The maximum absolute atomic E-state index is 13.0. The topological polar surface area (TPSA) is 32.7 Å². The van der Waals surface area contributed by atoms with Crippen LogP contribution in [0.5, 0.6) is 0 Å². The van der Waals surface area contributed by atoms with Gasteiger partial charge < -0.3 is 14.7 Å². The van der Waals surface area contributed by atoms with Gasteiger partial charge in [-0.3, -0.25) is 0 Å². The average molecular weight is 277 g/mol. The molecule has 0 amide bonds. The lowest BCUT2D eigenvalue weighted by Gasteiger charge is -2.29. The first-order valence-corrected chi connectivity index (χ1v) is 5.84. The van der Waals surface area contributed by atoms with E-state index in [-0.39, 0.29) is 17.3 Å². The number of likely N-dealkylation sites (N-methyl/N-ethyl adjacent to an activating group) is 1. The predicted molar refractivity (Wildman–Crippen MR) is 67.1 cm³/mol. The van der Waals surface area contributed by atoms with Gasteiger partial charge in [-0.15, -0.1) is 0 Å². The van der Waals surface area contributed by atoms with Gasteiger partial charge in [-0.1, -0.05) is 6.07 Å². The lowest BCUT2D eigenvalue weighted by molar-refractivity contribution is -0.137. The number of alkyl halides is 3. The van der Waals surface area contributed by atoms with E-state index in [0.29, 0.717) is 6.61 Å². The molecule has 0 saturated carbocycles. The van der Waals surface area contributed by atoms with E-state index < -0.39 is 18.3 Å². The van der Waals surface area contributed by atoms with Crippen LogP contribution in [-0.4, -0.2) is 31.9 Å². The van der Waals surface area contributed by atoms with E-state index in [4.69, 9.17) is 9.84 Å². The molecule has 0 aromatic heterocycles. The van der Waals surface area contributed by atoms with E-state index in [0.717, 1.165) is 6.07 Å². The molecule has 1 aromatic rings. The van der Waals surface area contributed by atoms with Crippen molar-refractivity contribution < 1.29 is 23.0 Å². The van der Waals surface area contributed by atoms with Gasteiger partial charge in [-0.05, 0) is 24.6 Å². The molecule has 0 aliphatic carbocycles. The van der Waals surface area contributed by atoms with Crippen molar-refractivity contribution in [1.82, 2.24) is 0 Å². The summed E-state index contributed by atoms with van der Waals surface area (Å²) >= 11 is 0. The van der Waals surface area contributed by atoms with E-state index in [1.165, 1.54) is 24.1 Å². The van der Waals surface area contributed by atoms with Crippen LogP contribution < -0.4 is 4.90 Å². The van der Waals surface area contributed by atoms with Crippen molar-refractivity contribution in [3.8, 4) is 0 Å². The number of benzene rings is 1. The Hall–Kier alpha value is -1.27. The number of aliphatic hydroxyl groups excluding tert-OH is 1. The summed E-state index contributed by atoms with van der Waals surface area (Å²) in [7, 11) is 3.09. The third-order valence-corrected chi connectivity index (χ3v) is 3.00. The van der Waals surface area contributed by atoms with Crippen molar-refractivity contribution in [3.05, 3.63) is 29.3 Å². The van der Waals surface area contributed by atoms with Crippen molar-refractivity contribution in [2.75, 3.05) is 25.7 Å². The first-order chi connectivity index (χ1) is 8.81. The quantitative estimate of drug-likeness (QED) is 0.898. The number of ether oxygens (including phenoxy) is 1. The number of aliphatic hydroxyl groups is 1. The Morgan fingerprint density at radius 1 is 1.37 bits per heavy atom. The minimum atomic E-state index is -4.46. The van der Waals surface area contributed by atoms with Crippen LogP contribution in [0.4, 0.5) is 18.9 Å². The Balaban J connectivity index is 3.19. The zero-order valence-corrected chi connectivity index (χ0v) is 11.2. The molecule has 0 fully saturated rings. The van der Waals surface area contributed by atoms with Gasteiger partial charge in [-0.25, -0.2) is 0 Å². The molecule has 0 saturated heterocycles. The number of rotatable bonds is 5. The molecule has 1 N–H and O–H groups in total. The third-order valence-electron chi connectivity index (χ3n) is 3.00. The Bertz CT molecular complexity index is 421. The first kappa shape index (κ1) is 15.8. The summed E-state index contributed by atoms with van der Waals surface area (Å²) in [6, 6.07) is 3.65. The lowest BCUT2D eigenvalue weighted by atomic mass is 10.1. The Kier molecular flexibility index (Phi) is 5.20. The van der Waals surface area contributed by atoms with Crippen LogP contribution in [0, 0.1) is 0 Å². The SMILES string of the molecule is COCC(C)N(C)c1ccc(CO)cc1C(F)(F)F. The summed E-state index contributed by atoms with van der Waals surface area (Å²) in [5.74, 6) is 0. The average Bonchev–Trinajstić information content (AvgIpc) is 2.36. The maximum Gasteiger partial charge on any atom is 0.418 e. The monoisotopic (exact) mass is 277 g/mol. The summed E-state index contributed by atoms with van der Waals surface area (Å²) in [5.41, 5.74) is -0.428. The van der Waals surface area contributed by atoms with Crippen LogP contribution in [0.2, 0.25) is 0 Å². The molecule has 108 valence electrons. The third kappa shape index (κ3) is 3.84. The maximum atomic E-state index is 13.0. The number of methoxy groups -OCH3 is 1. The van der Waals surface area contributed by atoms with Crippen molar-refractivity contribution >= 4 is 5.69 Å². The summed E-state index contributed by atoms with van der Waals surface area (Å²) in [4.78, 5) is 1.52. The summed E-state index contributed by atoms with van der Waals surface area (Å²) < 4.78 is 44.1. The molecule has 1 atom stereocenters. The molecular weight excluding hydrogens is 259 g/mol. The molecule has 1 aromatic carbocycles. The highest BCUT2D eigenvalue weighted by molar-refractivity contribution is 5.56. The van der Waals surface area contributed by atoms with Gasteiger partial charge in [0.1, 0.15) is 0 Å². The predicted octanol–water partition coefficient (Wildman–Crippen LogP) is 2.67. The van der Waals surface area contributed by atoms with Crippen molar-refractivity contribution in [2.24, 2.45) is 0 Å². The zero-order chi connectivity index (χ0) is 14.6. The molecule has 3 nitrogen and oxygen atoms in total. The highest BCUT2D eigenvalue weighted by Gasteiger charge is 2.35. The first-order valence-electron chi connectivity index (χ1n) is 5.84. The van der Waals surface area contributed by atoms with Gasteiger partial charge in [0.2, 0.25) is 0 Å². The largest absolute Gasteiger partial charge is 0.418 e. The molecule has 19 heavy (non-hydrogen) atoms. The number of hydrogen-bond acceptors (Lipinski definition) is 3. The van der Waals surface area contributed by atoms with Crippen LogP contribution in [0.15, 0.2) is 18.2 Å². The van der Waals surface area contributed by atoms with E-state index in [9.17, 15) is 13.2 Å². The van der Waals surface area contributed by atoms with Crippen LogP contribution in [0.25, 0.3) is 0 Å². The minimum Gasteiger partial charge on any atom is -0.392 e. The highest BCUT2D eigenvalue weighted by Crippen LogP contribution is 2.37. The molecule has 0 spiro atoms. The second-order valence-corrected chi connectivity index (χ2v) is 4.42. The van der Waals surface area contributed by atoms with E-state index in [2.05, 4.69) is 0 Å². The van der Waals surface area contributed by atoms with Crippen molar-refractivity contribution in [1.29, 1.82) is 0 Å². The number of halogens is 3. The van der Waals surface area contributed by atoms with E-state index >= 15 is 0 Å². The van der Waals surface area contributed by atoms with Crippen LogP contribution in [0.1, 0.15) is 18.1 Å². The Labute approximate surface area is 110 Å². The second kappa shape index (κ2) is 6.25. The molecule has 0 aliphatic rings. The molecule has 0 bridgehead atoms. The minimum absolute atomic E-state index is 0.0780. The molecule has 6 heteroatoms. The summed E-state index contributed by atoms with van der Waals surface area (Å²) in [6.45, 7) is 1.69. The number of hydrogen-bond donors (Lipinski definition) is 1. The summed E-state index contributed by atoms with van der Waals surface area (Å²) in [6.07, 6.45) is -4.46. The standard InChI is InChI=1S/C13H18F3NO2/c1-9(8-19-3)17(2)12-5-4-10(7-18)6-11(12)13(14,15)16/h4-6,9,18H,7-8H2,1-3H3. The van der Waals surface area contributed by atoms with Gasteiger partial charge >= 0.3 is 6.18 Å². The normalized spacial score (nSPS) is 13.4. The lowest BCUT2D eigenvalue weighted by Crippen LogP contribution is -2.34. The molecular formula is C13H18F3NO2. The van der Waals surface area contributed by atoms with Gasteiger partial charge in [0.25, 0.3) is 0 Å². The smallest absolute Gasteiger partial charge is 0.392 e. The number of anilines is 1. The molecule has 0 heterocycles. The molecule has 1 rings (SSSR count).